The quantitative estimate of drug-likeness (QED) is 0.369. The van der Waals surface area contributed by atoms with Crippen LogP contribution >= 0.6 is 11.8 Å². The van der Waals surface area contributed by atoms with Gasteiger partial charge >= 0.3 is 5.97 Å². The standard InChI is InChI=1S/C27H28N4O5S/c1-5-12-36-26(33)24-17(2)30-27-31(25(24)19-6-7-21(34-3)22(13-19)35-4)20(16-37-27)14-23(32)29-15-18-8-10-28-11-9-18/h5-11,13,16,25H,1,12,14-15H2,2-4H3,(H,29,32). The van der Waals surface area contributed by atoms with Crippen LogP contribution in [0, 0.1) is 0 Å². The zero-order chi connectivity index (χ0) is 26.4. The maximum Gasteiger partial charge on any atom is 0.338 e. The first-order chi connectivity index (χ1) is 18.0. The summed E-state index contributed by atoms with van der Waals surface area (Å²) in [5.74, 6) is 0.430. The lowest BCUT2D eigenvalue weighted by molar-refractivity contribution is -0.138. The van der Waals surface area contributed by atoms with Gasteiger partial charge in [-0.25, -0.2) is 9.79 Å². The van der Waals surface area contributed by atoms with Crippen molar-refractivity contribution in [3.05, 3.63) is 88.9 Å². The fraction of sp³-hybridized carbons (Fsp3) is 0.259. The molecule has 0 saturated heterocycles. The van der Waals surface area contributed by atoms with Crippen molar-refractivity contribution in [2.24, 2.45) is 4.99 Å². The van der Waals surface area contributed by atoms with E-state index in [0.717, 1.165) is 16.8 Å². The summed E-state index contributed by atoms with van der Waals surface area (Å²) in [5, 5.41) is 5.51. The molecule has 9 nitrogen and oxygen atoms in total. The summed E-state index contributed by atoms with van der Waals surface area (Å²) in [6.45, 7) is 5.87. The van der Waals surface area contributed by atoms with Gasteiger partial charge in [-0.2, -0.15) is 0 Å². The van der Waals surface area contributed by atoms with Gasteiger partial charge < -0.3 is 24.4 Å². The molecule has 1 unspecified atom stereocenters. The van der Waals surface area contributed by atoms with Crippen LogP contribution in [0.3, 0.4) is 0 Å². The van der Waals surface area contributed by atoms with E-state index in [9.17, 15) is 9.59 Å². The van der Waals surface area contributed by atoms with Crippen LogP contribution in [-0.4, -0.2) is 47.8 Å². The summed E-state index contributed by atoms with van der Waals surface area (Å²) in [5.41, 5.74) is 3.36. The van der Waals surface area contributed by atoms with E-state index < -0.39 is 12.0 Å². The Morgan fingerprint density at radius 2 is 1.92 bits per heavy atom. The van der Waals surface area contributed by atoms with Gasteiger partial charge in [0.15, 0.2) is 16.7 Å². The number of methoxy groups -OCH3 is 2. The molecule has 37 heavy (non-hydrogen) atoms. The van der Waals surface area contributed by atoms with Gasteiger partial charge in [0.05, 0.1) is 38.0 Å². The number of fused-ring (bicyclic) bond motifs is 1. The molecule has 0 bridgehead atoms. The number of nitrogens with zero attached hydrogens (tertiary/aromatic N) is 3. The molecule has 192 valence electrons. The number of hydrogen-bond donors (Lipinski definition) is 1. The van der Waals surface area contributed by atoms with Crippen molar-refractivity contribution in [2.75, 3.05) is 20.8 Å². The zero-order valence-electron chi connectivity index (χ0n) is 20.9. The molecule has 2 aliphatic heterocycles. The highest BCUT2D eigenvalue weighted by molar-refractivity contribution is 8.16. The Morgan fingerprint density at radius 3 is 2.62 bits per heavy atom. The van der Waals surface area contributed by atoms with Gasteiger partial charge in [-0.05, 0) is 47.7 Å². The summed E-state index contributed by atoms with van der Waals surface area (Å²) in [4.78, 5) is 36.7. The van der Waals surface area contributed by atoms with Crippen LogP contribution in [0.25, 0.3) is 0 Å². The Bertz CT molecular complexity index is 1290. The topological polar surface area (TPSA) is 102 Å². The predicted molar refractivity (Wildman–Crippen MR) is 142 cm³/mol. The highest BCUT2D eigenvalue weighted by Gasteiger charge is 2.41. The van der Waals surface area contributed by atoms with E-state index >= 15 is 0 Å². The number of esters is 1. The van der Waals surface area contributed by atoms with E-state index in [1.165, 1.54) is 17.8 Å². The van der Waals surface area contributed by atoms with Crippen molar-refractivity contribution < 1.29 is 23.8 Å². The SMILES string of the molecule is C=CCOC(=O)C1=C(C)N=C2SC=C(CC(=O)NCc3ccncc3)N2C1c1ccc(OC)c(OC)c1. The second kappa shape index (κ2) is 11.8. The maximum absolute atomic E-state index is 13.2. The molecule has 2 aliphatic rings. The number of pyridine rings is 1. The molecule has 4 rings (SSSR count). The highest BCUT2D eigenvalue weighted by atomic mass is 32.2. The average Bonchev–Trinajstić information content (AvgIpc) is 3.31. The first kappa shape index (κ1) is 26.0. The van der Waals surface area contributed by atoms with E-state index in [1.54, 1.807) is 39.6 Å². The molecule has 2 aromatic rings. The molecule has 1 aromatic carbocycles. The number of allylic oxidation sites excluding steroid dienone is 1. The third-order valence-corrected chi connectivity index (χ3v) is 6.75. The number of rotatable bonds is 10. The molecule has 10 heteroatoms. The van der Waals surface area contributed by atoms with Gasteiger partial charge in [0.25, 0.3) is 0 Å². The first-order valence-corrected chi connectivity index (χ1v) is 12.4. The number of thioether (sulfide) groups is 1. The Morgan fingerprint density at radius 1 is 1.16 bits per heavy atom. The van der Waals surface area contributed by atoms with E-state index in [1.807, 2.05) is 34.6 Å². The Hall–Kier alpha value is -4.05. The van der Waals surface area contributed by atoms with Crippen LogP contribution in [0.5, 0.6) is 11.5 Å². The maximum atomic E-state index is 13.2. The number of ether oxygens (including phenoxy) is 3. The lowest BCUT2D eigenvalue weighted by Crippen LogP contribution is -2.38. The Kier molecular flexibility index (Phi) is 8.29. The lowest BCUT2D eigenvalue weighted by atomic mass is 9.93. The second-order valence-corrected chi connectivity index (χ2v) is 9.04. The molecule has 1 amide bonds. The third kappa shape index (κ3) is 5.69. The molecule has 0 spiro atoms. The number of aliphatic imine (C=N–C) groups is 1. The molecular weight excluding hydrogens is 492 g/mol. The van der Waals surface area contributed by atoms with Crippen molar-refractivity contribution in [3.8, 4) is 11.5 Å². The molecule has 1 aromatic heterocycles. The van der Waals surface area contributed by atoms with Crippen LogP contribution < -0.4 is 14.8 Å². The minimum absolute atomic E-state index is 0.0691. The number of aromatic nitrogens is 1. The van der Waals surface area contributed by atoms with Gasteiger partial charge in [-0.3, -0.25) is 9.78 Å². The summed E-state index contributed by atoms with van der Waals surface area (Å²) in [6.07, 6.45) is 4.99. The van der Waals surface area contributed by atoms with Crippen LogP contribution in [0.1, 0.15) is 30.5 Å². The van der Waals surface area contributed by atoms with Gasteiger partial charge in [0, 0.05) is 24.6 Å². The summed E-state index contributed by atoms with van der Waals surface area (Å²) < 4.78 is 16.4. The molecule has 0 fully saturated rings. The molecular formula is C27H28N4O5S. The molecule has 3 heterocycles. The number of amidine groups is 1. The van der Waals surface area contributed by atoms with Crippen molar-refractivity contribution in [3.63, 3.8) is 0 Å². The third-order valence-electron chi connectivity index (χ3n) is 5.86. The van der Waals surface area contributed by atoms with Gasteiger partial charge in [-0.1, -0.05) is 30.5 Å². The summed E-state index contributed by atoms with van der Waals surface area (Å²) in [7, 11) is 3.12. The van der Waals surface area contributed by atoms with Gasteiger partial charge in [0.1, 0.15) is 6.61 Å². The number of hydrogen-bond acceptors (Lipinski definition) is 9. The van der Waals surface area contributed by atoms with Gasteiger partial charge in [-0.15, -0.1) is 0 Å². The van der Waals surface area contributed by atoms with Crippen molar-refractivity contribution in [2.45, 2.75) is 25.9 Å². The summed E-state index contributed by atoms with van der Waals surface area (Å²) in [6, 6.07) is 8.59. The molecule has 0 aliphatic carbocycles. The van der Waals surface area contributed by atoms with E-state index in [2.05, 4.69) is 21.9 Å². The monoisotopic (exact) mass is 520 g/mol. The van der Waals surface area contributed by atoms with Crippen molar-refractivity contribution >= 4 is 28.8 Å². The van der Waals surface area contributed by atoms with Gasteiger partial charge in [0.2, 0.25) is 5.91 Å². The molecule has 0 saturated carbocycles. The largest absolute Gasteiger partial charge is 0.493 e. The summed E-state index contributed by atoms with van der Waals surface area (Å²) >= 11 is 1.41. The normalized spacial score (nSPS) is 16.4. The lowest BCUT2D eigenvalue weighted by Gasteiger charge is -2.36. The first-order valence-electron chi connectivity index (χ1n) is 11.6. The van der Waals surface area contributed by atoms with Crippen molar-refractivity contribution in [1.82, 2.24) is 15.2 Å². The highest BCUT2D eigenvalue weighted by Crippen LogP contribution is 2.46. The van der Waals surface area contributed by atoms with E-state index in [-0.39, 0.29) is 18.9 Å². The number of nitrogens with one attached hydrogen (secondary N) is 1. The smallest absolute Gasteiger partial charge is 0.338 e. The van der Waals surface area contributed by atoms with Crippen molar-refractivity contribution in [1.29, 1.82) is 0 Å². The molecule has 1 atom stereocenters. The fourth-order valence-electron chi connectivity index (χ4n) is 4.11. The van der Waals surface area contributed by atoms with Crippen LogP contribution in [0.4, 0.5) is 0 Å². The number of amides is 1. The van der Waals surface area contributed by atoms with E-state index in [0.29, 0.717) is 34.5 Å². The van der Waals surface area contributed by atoms with Crippen LogP contribution in [0.2, 0.25) is 0 Å². The minimum Gasteiger partial charge on any atom is -0.493 e. The fourth-order valence-corrected chi connectivity index (χ4v) is 5.07. The number of carbonyl (C=O) groups excluding carboxylic acids is 2. The number of benzene rings is 1. The minimum atomic E-state index is -0.584. The number of carbonyl (C=O) groups is 2. The Labute approximate surface area is 219 Å². The second-order valence-electron chi connectivity index (χ2n) is 8.20. The zero-order valence-corrected chi connectivity index (χ0v) is 21.7. The average molecular weight is 521 g/mol. The van der Waals surface area contributed by atoms with Crippen LogP contribution in [0.15, 0.2) is 82.7 Å². The molecule has 1 N–H and O–H groups in total. The predicted octanol–water partition coefficient (Wildman–Crippen LogP) is 4.11. The Balaban J connectivity index is 1.66. The molecule has 0 radical (unpaired) electrons. The van der Waals surface area contributed by atoms with E-state index in [4.69, 9.17) is 14.2 Å². The van der Waals surface area contributed by atoms with Crippen LogP contribution in [-0.2, 0) is 20.9 Å².